The molecule has 0 bridgehead atoms. The van der Waals surface area contributed by atoms with E-state index in [0.29, 0.717) is 19.7 Å². The molecule has 0 radical (unpaired) electrons. The SMILES string of the molecule is COc1cccc2c1C(=O)c1c(O)c3c(c(O)c1C2=O)C[C@@](O)(C(=O)CO)C[C@H]3OC1CC(N2CCOC(OC)C2)C(O)C(C)O1. The lowest BCUT2D eigenvalue weighted by atomic mass is 9.72. The van der Waals surface area contributed by atoms with Crippen LogP contribution in [0.25, 0.3) is 0 Å². The van der Waals surface area contributed by atoms with Crippen LogP contribution >= 0.6 is 0 Å². The Morgan fingerprint density at radius 3 is 2.52 bits per heavy atom. The number of ether oxygens (including phenoxy) is 5. The van der Waals surface area contributed by atoms with Crippen LogP contribution in [0, 0.1) is 0 Å². The topological polar surface area (TPSA) is 202 Å². The molecular weight excluding hydrogens is 606 g/mol. The van der Waals surface area contributed by atoms with Gasteiger partial charge in [-0.3, -0.25) is 19.3 Å². The number of hydrogen-bond donors (Lipinski definition) is 5. The number of Topliss-reactive ketones (excluding diaryl/α,β-unsaturated/α-hetero) is 1. The highest BCUT2D eigenvalue weighted by molar-refractivity contribution is 6.31. The highest BCUT2D eigenvalue weighted by Gasteiger charge is 2.50. The Hall–Kier alpha value is -3.47. The normalized spacial score (nSPS) is 31.2. The minimum Gasteiger partial charge on any atom is -0.507 e. The lowest BCUT2D eigenvalue weighted by Crippen LogP contribution is -2.59. The van der Waals surface area contributed by atoms with E-state index >= 15 is 0 Å². The van der Waals surface area contributed by atoms with Crippen LogP contribution in [0.2, 0.25) is 0 Å². The number of phenolic OH excluding ortho intramolecular Hbond substituents is 2. The standard InChI is InChI=1S/C32H37NO13/c1-14-27(36)17(33-7-8-44-22(12-33)43-3)9-21(45-14)46-19-11-32(41,20(35)13-34)10-16-24(19)31(40)26-25(29(16)38)28(37)15-5-4-6-18(42-2)23(15)30(26)39/h4-6,14,17,19,21-22,27,34,36,38,40-41H,7-13H2,1-3H3/t14?,17?,19-,21?,22?,27?,32+/m1/s1. The highest BCUT2D eigenvalue weighted by atomic mass is 16.7. The van der Waals surface area contributed by atoms with E-state index in [9.17, 15) is 39.9 Å². The maximum Gasteiger partial charge on any atom is 0.202 e. The molecule has 6 rings (SSSR count). The molecule has 5 N–H and O–H groups in total. The van der Waals surface area contributed by atoms with Crippen molar-refractivity contribution in [2.45, 2.75) is 68.7 Å². The molecule has 2 aromatic rings. The number of methoxy groups -OCH3 is 2. The maximum absolute atomic E-state index is 13.9. The van der Waals surface area contributed by atoms with E-state index < -0.39 is 102 Å². The summed E-state index contributed by atoms with van der Waals surface area (Å²) in [6.45, 7) is 1.88. The van der Waals surface area contributed by atoms with Gasteiger partial charge in [-0.05, 0) is 13.0 Å². The molecule has 2 aliphatic carbocycles. The maximum atomic E-state index is 13.9. The summed E-state index contributed by atoms with van der Waals surface area (Å²) in [4.78, 5) is 42.4. The van der Waals surface area contributed by atoms with Crippen molar-refractivity contribution in [2.75, 3.05) is 40.5 Å². The number of carbonyl (C=O) groups is 3. The van der Waals surface area contributed by atoms with Crippen LogP contribution in [0.4, 0.5) is 0 Å². The molecule has 248 valence electrons. The summed E-state index contributed by atoms with van der Waals surface area (Å²) in [6, 6.07) is 3.93. The monoisotopic (exact) mass is 643 g/mol. The Morgan fingerprint density at radius 1 is 1.09 bits per heavy atom. The van der Waals surface area contributed by atoms with Crippen LogP contribution in [0.1, 0.15) is 68.8 Å². The third-order valence-electron chi connectivity index (χ3n) is 9.53. The molecule has 7 atom stereocenters. The summed E-state index contributed by atoms with van der Waals surface area (Å²) in [5, 5.41) is 55.5. The van der Waals surface area contributed by atoms with Gasteiger partial charge in [0, 0.05) is 62.2 Å². The average molecular weight is 644 g/mol. The second kappa shape index (κ2) is 12.3. The summed E-state index contributed by atoms with van der Waals surface area (Å²) in [5.41, 5.74) is -3.62. The van der Waals surface area contributed by atoms with Crippen LogP contribution < -0.4 is 4.74 Å². The molecule has 0 spiro atoms. The van der Waals surface area contributed by atoms with Gasteiger partial charge in [0.15, 0.2) is 24.1 Å². The zero-order chi connectivity index (χ0) is 33.1. The fourth-order valence-corrected chi connectivity index (χ4v) is 7.14. The van der Waals surface area contributed by atoms with Crippen LogP contribution in [0.15, 0.2) is 18.2 Å². The Kier molecular flexibility index (Phi) is 8.67. The average Bonchev–Trinajstić information content (AvgIpc) is 3.05. The molecule has 2 saturated heterocycles. The number of aromatic hydroxyl groups is 2. The smallest absolute Gasteiger partial charge is 0.202 e. The third kappa shape index (κ3) is 5.18. The largest absolute Gasteiger partial charge is 0.507 e. The first-order valence-electron chi connectivity index (χ1n) is 15.0. The first-order chi connectivity index (χ1) is 21.9. The second-order valence-electron chi connectivity index (χ2n) is 12.1. The van der Waals surface area contributed by atoms with E-state index in [4.69, 9.17) is 23.7 Å². The van der Waals surface area contributed by atoms with Crippen LogP contribution in [0.5, 0.6) is 17.2 Å². The lowest BCUT2D eigenvalue weighted by molar-refractivity contribution is -0.266. The Labute approximate surface area is 264 Å². The lowest BCUT2D eigenvalue weighted by Gasteiger charge is -2.47. The summed E-state index contributed by atoms with van der Waals surface area (Å²) >= 11 is 0. The molecule has 5 unspecified atom stereocenters. The fraction of sp³-hybridized carbons (Fsp3) is 0.531. The van der Waals surface area contributed by atoms with Crippen molar-refractivity contribution in [1.82, 2.24) is 4.90 Å². The van der Waals surface area contributed by atoms with Crippen molar-refractivity contribution in [3.63, 3.8) is 0 Å². The number of fused-ring (bicyclic) bond motifs is 3. The van der Waals surface area contributed by atoms with E-state index in [0.717, 1.165) is 0 Å². The van der Waals surface area contributed by atoms with Crippen LogP contribution in [-0.4, -0.2) is 125 Å². The number of benzene rings is 2. The van der Waals surface area contributed by atoms with Gasteiger partial charge in [0.1, 0.15) is 29.5 Å². The van der Waals surface area contributed by atoms with Gasteiger partial charge in [-0.25, -0.2) is 0 Å². The number of nitrogens with zero attached hydrogens (tertiary/aromatic N) is 1. The number of rotatable bonds is 7. The number of carbonyl (C=O) groups excluding carboxylic acids is 3. The van der Waals surface area contributed by atoms with Crippen molar-refractivity contribution < 1.29 is 63.6 Å². The van der Waals surface area contributed by atoms with Crippen molar-refractivity contribution in [2.24, 2.45) is 0 Å². The second-order valence-corrected chi connectivity index (χ2v) is 12.1. The van der Waals surface area contributed by atoms with Crippen molar-refractivity contribution in [3.8, 4) is 17.2 Å². The van der Waals surface area contributed by atoms with Gasteiger partial charge in [-0.2, -0.15) is 0 Å². The Balaban J connectivity index is 1.43. The summed E-state index contributed by atoms with van der Waals surface area (Å²) < 4.78 is 28.6. The third-order valence-corrected chi connectivity index (χ3v) is 9.53. The first kappa shape index (κ1) is 32.5. The van der Waals surface area contributed by atoms with Gasteiger partial charge in [0.05, 0.1) is 48.7 Å². The van der Waals surface area contributed by atoms with E-state index in [1.165, 1.54) is 32.4 Å². The molecule has 0 amide bonds. The quantitative estimate of drug-likeness (QED) is 0.221. The van der Waals surface area contributed by atoms with Crippen LogP contribution in [0.3, 0.4) is 0 Å². The van der Waals surface area contributed by atoms with Gasteiger partial charge in [-0.15, -0.1) is 0 Å². The minimum absolute atomic E-state index is 0.0511. The van der Waals surface area contributed by atoms with Gasteiger partial charge in [0.2, 0.25) is 5.78 Å². The molecule has 2 heterocycles. The Bertz CT molecular complexity index is 1580. The number of aliphatic hydroxyl groups is 3. The predicted molar refractivity (Wildman–Crippen MR) is 156 cm³/mol. The number of morpholine rings is 1. The Morgan fingerprint density at radius 2 is 1.83 bits per heavy atom. The minimum atomic E-state index is -2.26. The van der Waals surface area contributed by atoms with E-state index in [-0.39, 0.29) is 34.4 Å². The van der Waals surface area contributed by atoms with Crippen LogP contribution in [-0.2, 0) is 30.2 Å². The molecule has 2 aliphatic heterocycles. The van der Waals surface area contributed by atoms with Gasteiger partial charge < -0.3 is 49.2 Å². The molecule has 46 heavy (non-hydrogen) atoms. The molecule has 2 aromatic carbocycles. The molecule has 0 saturated carbocycles. The van der Waals surface area contributed by atoms with Gasteiger partial charge in [0.25, 0.3) is 0 Å². The summed E-state index contributed by atoms with van der Waals surface area (Å²) in [7, 11) is 2.85. The molecule has 14 nitrogen and oxygen atoms in total. The summed E-state index contributed by atoms with van der Waals surface area (Å²) in [5.74, 6) is -3.75. The highest BCUT2D eigenvalue weighted by Crippen LogP contribution is 2.52. The molecule has 0 aromatic heterocycles. The number of aliphatic hydroxyl groups excluding tert-OH is 2. The van der Waals surface area contributed by atoms with Crippen molar-refractivity contribution in [3.05, 3.63) is 51.6 Å². The number of hydrogen-bond acceptors (Lipinski definition) is 14. The van der Waals surface area contributed by atoms with Crippen molar-refractivity contribution >= 4 is 17.3 Å². The first-order valence-corrected chi connectivity index (χ1v) is 15.0. The molecule has 4 aliphatic rings. The van der Waals surface area contributed by atoms with E-state index in [2.05, 4.69) is 0 Å². The molecular formula is C32H37NO13. The summed E-state index contributed by atoms with van der Waals surface area (Å²) in [6.07, 6.45) is -5.46. The van der Waals surface area contributed by atoms with Gasteiger partial charge in [-0.1, -0.05) is 12.1 Å². The van der Waals surface area contributed by atoms with Gasteiger partial charge >= 0.3 is 0 Å². The van der Waals surface area contributed by atoms with E-state index in [1.54, 1.807) is 6.92 Å². The number of ketones is 3. The number of phenols is 2. The zero-order valence-electron chi connectivity index (χ0n) is 25.6. The zero-order valence-corrected chi connectivity index (χ0v) is 25.6. The predicted octanol–water partition coefficient (Wildman–Crippen LogP) is 0.347. The molecule has 14 heteroatoms. The van der Waals surface area contributed by atoms with E-state index in [1.807, 2.05) is 4.90 Å². The fourth-order valence-electron chi connectivity index (χ4n) is 7.14. The molecule has 2 fully saturated rings. The van der Waals surface area contributed by atoms with Crippen molar-refractivity contribution in [1.29, 1.82) is 0 Å².